The Morgan fingerprint density at radius 2 is 2.00 bits per heavy atom. The zero-order valence-corrected chi connectivity index (χ0v) is 16.3. The Morgan fingerprint density at radius 1 is 1.22 bits per heavy atom. The molecular formula is C21H32FN3O2. The summed E-state index contributed by atoms with van der Waals surface area (Å²) in [4.78, 5) is 6.71. The van der Waals surface area contributed by atoms with Crippen molar-refractivity contribution in [3.8, 4) is 0 Å². The highest BCUT2D eigenvalue weighted by atomic mass is 19.1. The lowest BCUT2D eigenvalue weighted by Crippen LogP contribution is -2.47. The number of aliphatic imine (C=N–C) groups is 1. The maximum absolute atomic E-state index is 13.0. The second kappa shape index (κ2) is 10.6. The highest BCUT2D eigenvalue weighted by Crippen LogP contribution is 2.18. The van der Waals surface area contributed by atoms with Crippen molar-refractivity contribution >= 4 is 5.96 Å². The van der Waals surface area contributed by atoms with Gasteiger partial charge in [-0.1, -0.05) is 12.1 Å². The molecule has 1 aromatic carbocycles. The third-order valence-corrected chi connectivity index (χ3v) is 5.36. The number of rotatable bonds is 6. The highest BCUT2D eigenvalue weighted by Gasteiger charge is 2.23. The van der Waals surface area contributed by atoms with Crippen LogP contribution in [0.4, 0.5) is 4.39 Å². The molecule has 1 unspecified atom stereocenters. The van der Waals surface area contributed by atoms with Crippen LogP contribution in [0.1, 0.15) is 37.7 Å². The van der Waals surface area contributed by atoms with Gasteiger partial charge in [-0.2, -0.15) is 0 Å². The van der Waals surface area contributed by atoms with Gasteiger partial charge in [-0.3, -0.25) is 4.99 Å². The van der Waals surface area contributed by atoms with E-state index in [2.05, 4.69) is 15.2 Å². The van der Waals surface area contributed by atoms with Gasteiger partial charge in [-0.05, 0) is 56.2 Å². The van der Waals surface area contributed by atoms with E-state index in [-0.39, 0.29) is 11.9 Å². The Hall–Kier alpha value is -1.66. The van der Waals surface area contributed by atoms with E-state index in [1.165, 1.54) is 25.0 Å². The van der Waals surface area contributed by atoms with Crippen LogP contribution in [-0.4, -0.2) is 63.0 Å². The molecule has 1 N–H and O–H groups in total. The summed E-state index contributed by atoms with van der Waals surface area (Å²) in [5, 5.41) is 3.42. The number of nitrogens with zero attached hydrogens (tertiary/aromatic N) is 2. The second-order valence-corrected chi connectivity index (χ2v) is 7.36. The normalized spacial score (nSPS) is 22.1. The molecule has 27 heavy (non-hydrogen) atoms. The van der Waals surface area contributed by atoms with Crippen molar-refractivity contribution in [2.24, 2.45) is 4.99 Å². The molecule has 0 saturated carbocycles. The summed E-state index contributed by atoms with van der Waals surface area (Å²) in [5.74, 6) is 0.744. The lowest BCUT2D eigenvalue weighted by molar-refractivity contribution is -0.0721. The van der Waals surface area contributed by atoms with E-state index in [0.29, 0.717) is 6.10 Å². The summed E-state index contributed by atoms with van der Waals surface area (Å²) in [6.07, 6.45) is 7.07. The molecular weight excluding hydrogens is 345 g/mol. The van der Waals surface area contributed by atoms with Crippen LogP contribution in [0.15, 0.2) is 29.3 Å². The summed E-state index contributed by atoms with van der Waals surface area (Å²) in [5.41, 5.74) is 1.12. The number of likely N-dealkylation sites (tertiary alicyclic amines) is 1. The molecule has 1 atom stereocenters. The third-order valence-electron chi connectivity index (χ3n) is 5.36. The number of hydrogen-bond acceptors (Lipinski definition) is 3. The molecule has 0 aliphatic carbocycles. The summed E-state index contributed by atoms with van der Waals surface area (Å²) in [6, 6.07) is 6.68. The van der Waals surface area contributed by atoms with Crippen molar-refractivity contribution in [1.29, 1.82) is 0 Å². The zero-order valence-electron chi connectivity index (χ0n) is 16.3. The molecule has 150 valence electrons. The first-order valence-corrected chi connectivity index (χ1v) is 10.2. The van der Waals surface area contributed by atoms with Gasteiger partial charge < -0.3 is 19.7 Å². The van der Waals surface area contributed by atoms with Crippen LogP contribution < -0.4 is 5.32 Å². The minimum absolute atomic E-state index is 0.192. The van der Waals surface area contributed by atoms with Crippen molar-refractivity contribution in [3.05, 3.63) is 35.6 Å². The molecule has 6 heteroatoms. The van der Waals surface area contributed by atoms with Gasteiger partial charge in [0.25, 0.3) is 0 Å². The molecule has 0 aromatic heterocycles. The number of guanidine groups is 1. The average Bonchev–Trinajstić information content (AvgIpc) is 2.72. The molecule has 2 aliphatic rings. The Kier molecular flexibility index (Phi) is 7.90. The molecule has 2 aliphatic heterocycles. The summed E-state index contributed by atoms with van der Waals surface area (Å²) in [6.45, 7) is 4.30. The van der Waals surface area contributed by atoms with Gasteiger partial charge in [0.15, 0.2) is 5.96 Å². The standard InChI is InChI=1S/C21H32FN3O2/c1-23-21(24-12-9-17-5-7-18(22)8-6-17)25-13-10-19(11-14-25)27-16-20-4-2-3-15-26-20/h5-8,19-20H,2-4,9-16H2,1H3,(H,23,24). The van der Waals surface area contributed by atoms with E-state index < -0.39 is 0 Å². The van der Waals surface area contributed by atoms with Gasteiger partial charge >= 0.3 is 0 Å². The van der Waals surface area contributed by atoms with Gasteiger partial charge in [-0.15, -0.1) is 0 Å². The third kappa shape index (κ3) is 6.47. The number of halogens is 1. The molecule has 0 bridgehead atoms. The first-order chi connectivity index (χ1) is 13.2. The predicted molar refractivity (Wildman–Crippen MR) is 106 cm³/mol. The maximum Gasteiger partial charge on any atom is 0.193 e. The van der Waals surface area contributed by atoms with Gasteiger partial charge in [0, 0.05) is 33.3 Å². The second-order valence-electron chi connectivity index (χ2n) is 7.36. The number of benzene rings is 1. The number of piperidine rings is 1. The first kappa shape index (κ1) is 20.1. The largest absolute Gasteiger partial charge is 0.376 e. The van der Waals surface area contributed by atoms with E-state index in [0.717, 1.165) is 70.1 Å². The Labute approximate surface area is 161 Å². The van der Waals surface area contributed by atoms with Crippen LogP contribution in [0.3, 0.4) is 0 Å². The molecule has 2 saturated heterocycles. The van der Waals surface area contributed by atoms with Gasteiger partial charge in [0.1, 0.15) is 5.82 Å². The van der Waals surface area contributed by atoms with E-state index >= 15 is 0 Å². The van der Waals surface area contributed by atoms with Gasteiger partial charge in [0.05, 0.1) is 18.8 Å². The molecule has 1 aromatic rings. The highest BCUT2D eigenvalue weighted by molar-refractivity contribution is 5.79. The van der Waals surface area contributed by atoms with Crippen molar-refractivity contribution in [2.45, 2.75) is 50.7 Å². The molecule has 5 nitrogen and oxygen atoms in total. The molecule has 0 amide bonds. The van der Waals surface area contributed by atoms with Crippen LogP contribution >= 0.6 is 0 Å². The molecule has 0 radical (unpaired) electrons. The van der Waals surface area contributed by atoms with Crippen molar-refractivity contribution in [3.63, 3.8) is 0 Å². The average molecular weight is 378 g/mol. The summed E-state index contributed by atoms with van der Waals surface area (Å²) < 4.78 is 24.8. The van der Waals surface area contributed by atoms with Crippen LogP contribution in [-0.2, 0) is 15.9 Å². The van der Waals surface area contributed by atoms with Gasteiger partial charge in [0.2, 0.25) is 0 Å². The van der Waals surface area contributed by atoms with Gasteiger partial charge in [-0.25, -0.2) is 4.39 Å². The smallest absolute Gasteiger partial charge is 0.193 e. The first-order valence-electron chi connectivity index (χ1n) is 10.2. The maximum atomic E-state index is 13.0. The summed E-state index contributed by atoms with van der Waals surface area (Å²) >= 11 is 0. The minimum atomic E-state index is -0.192. The Morgan fingerprint density at radius 3 is 2.67 bits per heavy atom. The number of ether oxygens (including phenoxy) is 2. The van der Waals surface area contributed by atoms with Crippen LogP contribution in [0.5, 0.6) is 0 Å². The van der Waals surface area contributed by atoms with Crippen LogP contribution in [0.25, 0.3) is 0 Å². The monoisotopic (exact) mass is 377 g/mol. The molecule has 2 heterocycles. The lowest BCUT2D eigenvalue weighted by atomic mass is 10.1. The number of hydrogen-bond donors (Lipinski definition) is 1. The topological polar surface area (TPSA) is 46.1 Å². The zero-order chi connectivity index (χ0) is 18.9. The van der Waals surface area contributed by atoms with E-state index in [9.17, 15) is 4.39 Å². The van der Waals surface area contributed by atoms with Crippen molar-refractivity contribution in [2.75, 3.05) is 39.9 Å². The van der Waals surface area contributed by atoms with E-state index in [1.54, 1.807) is 0 Å². The van der Waals surface area contributed by atoms with E-state index in [1.807, 2.05) is 19.2 Å². The Bertz CT molecular complexity index is 580. The quantitative estimate of drug-likeness (QED) is 0.612. The molecule has 3 rings (SSSR count). The fraction of sp³-hybridized carbons (Fsp3) is 0.667. The lowest BCUT2D eigenvalue weighted by Gasteiger charge is -2.35. The fourth-order valence-electron chi connectivity index (χ4n) is 3.72. The van der Waals surface area contributed by atoms with Crippen molar-refractivity contribution < 1.29 is 13.9 Å². The number of nitrogens with one attached hydrogen (secondary N) is 1. The van der Waals surface area contributed by atoms with Crippen LogP contribution in [0.2, 0.25) is 0 Å². The molecule has 2 fully saturated rings. The SMILES string of the molecule is CN=C(NCCc1ccc(F)cc1)N1CCC(OCC2CCCCO2)CC1. The Balaban J connectivity index is 1.34. The minimum Gasteiger partial charge on any atom is -0.376 e. The predicted octanol–water partition coefficient (Wildman–Crippen LogP) is 2.99. The summed E-state index contributed by atoms with van der Waals surface area (Å²) in [7, 11) is 1.82. The van der Waals surface area contributed by atoms with Crippen LogP contribution in [0, 0.1) is 5.82 Å². The van der Waals surface area contributed by atoms with E-state index in [4.69, 9.17) is 9.47 Å². The fourth-order valence-corrected chi connectivity index (χ4v) is 3.72. The van der Waals surface area contributed by atoms with Crippen molar-refractivity contribution in [1.82, 2.24) is 10.2 Å². The molecule has 0 spiro atoms.